The topological polar surface area (TPSA) is 19.9 Å². The summed E-state index contributed by atoms with van der Waals surface area (Å²) in [7, 11) is -0.922. The zero-order chi connectivity index (χ0) is 5.70. The van der Waals surface area contributed by atoms with Gasteiger partial charge in [0, 0.05) is 0 Å². The largest absolute Gasteiger partial charge is 0.306 e. The summed E-state index contributed by atoms with van der Waals surface area (Å²) in [5.41, 5.74) is 0.569. The molecule has 0 aliphatic rings. The molecule has 1 radical (unpaired) electrons. The highest BCUT2D eigenvalue weighted by Crippen LogP contribution is 2.10. The van der Waals surface area contributed by atoms with Gasteiger partial charge in [0.25, 0.3) is 0 Å². The van der Waals surface area contributed by atoms with Crippen molar-refractivity contribution in [3.05, 3.63) is 0 Å². The highest BCUT2D eigenvalue weighted by Gasteiger charge is 2.00. The van der Waals surface area contributed by atoms with Gasteiger partial charge < -0.3 is 4.80 Å². The highest BCUT2D eigenvalue weighted by atomic mass is 28.2. The maximum Gasteiger partial charge on any atom is 0.210 e. The minimum atomic E-state index is -0.922. The Kier molecular flexibility index (Phi) is 4.45. The van der Waals surface area contributed by atoms with E-state index in [1.807, 2.05) is 0 Å². The second kappa shape index (κ2) is 4.34. The molecule has 0 rings (SSSR count). The van der Waals surface area contributed by atoms with Crippen LogP contribution in [0.3, 0.4) is 0 Å². The van der Waals surface area contributed by atoms with Gasteiger partial charge in [0.2, 0.25) is 9.76 Å². The van der Waals surface area contributed by atoms with Gasteiger partial charge in [0.05, 0.1) is 0 Å². The molecule has 0 aromatic rings. The minimum Gasteiger partial charge on any atom is -0.306 e. The lowest BCUT2D eigenvalue weighted by atomic mass is 10.3. The molecule has 0 heterocycles. The molecule has 0 bridgehead atoms. The van der Waals surface area contributed by atoms with Gasteiger partial charge in [-0.05, 0) is 5.54 Å². The molecule has 0 unspecified atom stereocenters. The first-order valence-corrected chi connectivity index (χ1v) is 4.32. The van der Waals surface area contributed by atoms with E-state index in [4.69, 9.17) is 0 Å². The lowest BCUT2D eigenvalue weighted by Crippen LogP contribution is -1.96. The molecule has 0 aliphatic heterocycles. The second-order valence-corrected chi connectivity index (χ2v) is 3.34. The van der Waals surface area contributed by atoms with E-state index in [2.05, 4.69) is 13.8 Å². The first-order valence-electron chi connectivity index (χ1n) is 2.93. The molecule has 0 aromatic heterocycles. The van der Waals surface area contributed by atoms with E-state index in [1.165, 1.54) is 0 Å². The summed E-state index contributed by atoms with van der Waals surface area (Å²) in [4.78, 5) is 10.2. The Hall–Kier alpha value is 0.177. The van der Waals surface area contributed by atoms with Gasteiger partial charge >= 0.3 is 0 Å². The van der Waals surface area contributed by atoms with Gasteiger partial charge in [-0.25, -0.2) is 0 Å². The van der Waals surface area contributed by atoms with Crippen LogP contribution in [0.4, 0.5) is 0 Å². The van der Waals surface area contributed by atoms with Crippen molar-refractivity contribution in [3.8, 4) is 0 Å². The van der Waals surface area contributed by atoms with E-state index in [0.717, 1.165) is 12.8 Å². The summed E-state index contributed by atoms with van der Waals surface area (Å²) in [6.45, 7) is 4.19. The van der Waals surface area contributed by atoms with E-state index in [9.17, 15) is 4.80 Å². The van der Waals surface area contributed by atoms with Crippen molar-refractivity contribution in [3.63, 3.8) is 0 Å². The zero-order valence-corrected chi connectivity index (χ0v) is 6.52. The Morgan fingerprint density at radius 3 is 1.86 bits per heavy atom. The standard InChI is InChI=1S/C5H13OSi/c1-3-5(4-2)7-6/h5H,3-4,7H2,1-2H3. The molecule has 0 aromatic carbocycles. The molecule has 1 nitrogen and oxygen atoms in total. The van der Waals surface area contributed by atoms with Gasteiger partial charge in [-0.2, -0.15) is 0 Å². The third-order valence-electron chi connectivity index (χ3n) is 1.39. The summed E-state index contributed by atoms with van der Waals surface area (Å²) >= 11 is 0. The molecule has 0 N–H and O–H groups in total. The predicted molar refractivity (Wildman–Crippen MR) is 33.6 cm³/mol. The molecular formula is C5H13OSi. The van der Waals surface area contributed by atoms with E-state index >= 15 is 0 Å². The Labute approximate surface area is 47.7 Å². The van der Waals surface area contributed by atoms with Crippen molar-refractivity contribution in [2.75, 3.05) is 0 Å². The van der Waals surface area contributed by atoms with Gasteiger partial charge in [-0.3, -0.25) is 0 Å². The number of hydrogen-bond donors (Lipinski definition) is 0. The van der Waals surface area contributed by atoms with Crippen LogP contribution in [0, 0.1) is 0 Å². The molecule has 0 aliphatic carbocycles. The van der Waals surface area contributed by atoms with Crippen molar-refractivity contribution in [1.82, 2.24) is 0 Å². The Morgan fingerprint density at radius 2 is 1.86 bits per heavy atom. The van der Waals surface area contributed by atoms with Crippen LogP contribution in [0.2, 0.25) is 5.54 Å². The fourth-order valence-corrected chi connectivity index (χ4v) is 0.996. The van der Waals surface area contributed by atoms with Gasteiger partial charge in [0.15, 0.2) is 0 Å². The molecule has 7 heavy (non-hydrogen) atoms. The summed E-state index contributed by atoms with van der Waals surface area (Å²) in [5, 5.41) is 0. The van der Waals surface area contributed by atoms with Crippen LogP contribution in [0.1, 0.15) is 26.7 Å². The maximum absolute atomic E-state index is 10.2. The van der Waals surface area contributed by atoms with Crippen LogP contribution >= 0.6 is 0 Å². The Morgan fingerprint density at radius 1 is 1.43 bits per heavy atom. The van der Waals surface area contributed by atoms with Crippen molar-refractivity contribution in [2.24, 2.45) is 0 Å². The first kappa shape index (κ1) is 7.18. The first-order chi connectivity index (χ1) is 3.35. The predicted octanol–water partition coefficient (Wildman–Crippen LogP) is 1.11. The van der Waals surface area contributed by atoms with Crippen molar-refractivity contribution in [1.29, 1.82) is 0 Å². The molecule has 0 fully saturated rings. The second-order valence-electron chi connectivity index (χ2n) is 1.85. The van der Waals surface area contributed by atoms with E-state index in [1.54, 1.807) is 0 Å². The summed E-state index contributed by atoms with van der Waals surface area (Å²) < 4.78 is 0. The maximum atomic E-state index is 10.2. The van der Waals surface area contributed by atoms with Crippen LogP contribution < -0.4 is 0 Å². The lowest BCUT2D eigenvalue weighted by molar-refractivity contribution is 0.452. The molecule has 0 atom stereocenters. The number of hydrogen-bond acceptors (Lipinski definition) is 0. The monoisotopic (exact) mass is 117 g/mol. The molecule has 0 saturated heterocycles. The SMILES string of the molecule is CCC(CC)[SiH2][O]. The van der Waals surface area contributed by atoms with E-state index in [0.29, 0.717) is 5.54 Å². The average molecular weight is 117 g/mol. The summed E-state index contributed by atoms with van der Waals surface area (Å²) in [6, 6.07) is 0. The highest BCUT2D eigenvalue weighted by molar-refractivity contribution is 6.27. The van der Waals surface area contributed by atoms with Gasteiger partial charge in [-0.1, -0.05) is 26.7 Å². The van der Waals surface area contributed by atoms with Gasteiger partial charge in [-0.15, -0.1) is 0 Å². The number of rotatable bonds is 3. The normalized spacial score (nSPS) is 12.0. The average Bonchev–Trinajstić information content (AvgIpc) is 1.72. The smallest absolute Gasteiger partial charge is 0.210 e. The quantitative estimate of drug-likeness (QED) is 0.493. The van der Waals surface area contributed by atoms with E-state index < -0.39 is 9.76 Å². The summed E-state index contributed by atoms with van der Waals surface area (Å²) in [6.07, 6.45) is 2.21. The third-order valence-corrected chi connectivity index (χ3v) is 3.02. The zero-order valence-electron chi connectivity index (χ0n) is 5.11. The lowest BCUT2D eigenvalue weighted by Gasteiger charge is -2.01. The molecule has 0 amide bonds. The molecule has 0 saturated carbocycles. The van der Waals surface area contributed by atoms with Crippen LogP contribution in [0.5, 0.6) is 0 Å². The van der Waals surface area contributed by atoms with Crippen molar-refractivity contribution in [2.45, 2.75) is 32.2 Å². The van der Waals surface area contributed by atoms with E-state index in [-0.39, 0.29) is 0 Å². The fourth-order valence-electron chi connectivity index (χ4n) is 0.524. The molecular weight excluding hydrogens is 104 g/mol. The molecule has 2 heteroatoms. The fraction of sp³-hybridized carbons (Fsp3) is 1.00. The Bertz CT molecular complexity index is 29.6. The Balaban J connectivity index is 2.99. The summed E-state index contributed by atoms with van der Waals surface area (Å²) in [5.74, 6) is 0. The molecule has 43 valence electrons. The minimum absolute atomic E-state index is 0.569. The van der Waals surface area contributed by atoms with Crippen LogP contribution in [0.15, 0.2) is 0 Å². The van der Waals surface area contributed by atoms with Crippen LogP contribution in [0.25, 0.3) is 0 Å². The third kappa shape index (κ3) is 2.82. The van der Waals surface area contributed by atoms with Crippen LogP contribution in [-0.4, -0.2) is 9.76 Å². The molecule has 0 spiro atoms. The van der Waals surface area contributed by atoms with Crippen LogP contribution in [-0.2, 0) is 4.80 Å². The van der Waals surface area contributed by atoms with Gasteiger partial charge in [0.1, 0.15) is 0 Å². The van der Waals surface area contributed by atoms with Crippen molar-refractivity contribution >= 4 is 9.76 Å². The van der Waals surface area contributed by atoms with Crippen molar-refractivity contribution < 1.29 is 4.80 Å².